The zero-order valence-corrected chi connectivity index (χ0v) is 14.7. The van der Waals surface area contributed by atoms with Gasteiger partial charge in [-0.25, -0.2) is 4.79 Å². The van der Waals surface area contributed by atoms with Gasteiger partial charge in [-0.15, -0.1) is 11.3 Å². The lowest BCUT2D eigenvalue weighted by Crippen LogP contribution is -2.46. The average Bonchev–Trinajstić information content (AvgIpc) is 3.12. The first-order valence-corrected chi connectivity index (χ1v) is 9.16. The lowest BCUT2D eigenvalue weighted by Gasteiger charge is -2.31. The highest BCUT2D eigenvalue weighted by molar-refractivity contribution is 7.10. The first-order chi connectivity index (χ1) is 11.5. The maximum atomic E-state index is 13.2. The molecular weight excluding hydrogens is 320 g/mol. The summed E-state index contributed by atoms with van der Waals surface area (Å²) in [6, 6.07) is 7.86. The number of hydrogen-bond donors (Lipinski definition) is 1. The van der Waals surface area contributed by atoms with Crippen LogP contribution in [0.1, 0.15) is 40.0 Å². The van der Waals surface area contributed by atoms with Crippen molar-refractivity contribution in [1.82, 2.24) is 10.2 Å². The van der Waals surface area contributed by atoms with Crippen LogP contribution in [0.25, 0.3) is 0 Å². The van der Waals surface area contributed by atoms with Gasteiger partial charge in [-0.3, -0.25) is 9.69 Å². The van der Waals surface area contributed by atoms with Crippen LogP contribution >= 0.6 is 11.3 Å². The van der Waals surface area contributed by atoms with Crippen LogP contribution in [0.4, 0.5) is 4.79 Å². The van der Waals surface area contributed by atoms with E-state index in [0.717, 1.165) is 35.1 Å². The normalized spacial score (nSPS) is 22.8. The lowest BCUT2D eigenvalue weighted by atomic mass is 9.80. The van der Waals surface area contributed by atoms with Crippen LogP contribution in [0, 0.1) is 13.8 Å². The molecule has 5 heteroatoms. The monoisotopic (exact) mass is 340 g/mol. The lowest BCUT2D eigenvalue weighted by molar-refractivity contribution is -0.132. The van der Waals surface area contributed by atoms with Crippen LogP contribution in [0.3, 0.4) is 0 Å². The van der Waals surface area contributed by atoms with E-state index in [2.05, 4.69) is 11.4 Å². The summed E-state index contributed by atoms with van der Waals surface area (Å²) in [6.45, 7) is 4.37. The summed E-state index contributed by atoms with van der Waals surface area (Å²) in [4.78, 5) is 28.4. The fraction of sp³-hybridized carbons (Fsp3) is 0.368. The maximum absolute atomic E-state index is 13.2. The Labute approximate surface area is 145 Å². The second-order valence-corrected chi connectivity index (χ2v) is 7.77. The molecule has 2 aliphatic rings. The number of carbonyl (C=O) groups excluding carboxylic acids is 2. The van der Waals surface area contributed by atoms with Gasteiger partial charge in [-0.05, 0) is 55.7 Å². The molecule has 0 saturated carbocycles. The summed E-state index contributed by atoms with van der Waals surface area (Å²) >= 11 is 1.68. The van der Waals surface area contributed by atoms with Gasteiger partial charge < -0.3 is 5.32 Å². The minimum Gasteiger partial charge on any atom is -0.319 e. The third-order valence-electron chi connectivity index (χ3n) is 5.17. The molecule has 124 valence electrons. The number of imide groups is 1. The third-order valence-corrected chi connectivity index (χ3v) is 6.15. The molecule has 4 rings (SSSR count). The van der Waals surface area contributed by atoms with Gasteiger partial charge in [0.25, 0.3) is 5.91 Å². The second kappa shape index (κ2) is 5.45. The second-order valence-electron chi connectivity index (χ2n) is 6.77. The van der Waals surface area contributed by atoms with Crippen molar-refractivity contribution >= 4 is 23.3 Å². The summed E-state index contributed by atoms with van der Waals surface area (Å²) in [5.74, 6) is -0.104. The quantitative estimate of drug-likeness (QED) is 0.849. The average molecular weight is 340 g/mol. The van der Waals surface area contributed by atoms with E-state index in [-0.39, 0.29) is 11.9 Å². The predicted molar refractivity (Wildman–Crippen MR) is 93.9 cm³/mol. The predicted octanol–water partition coefficient (Wildman–Crippen LogP) is 3.65. The highest BCUT2D eigenvalue weighted by Crippen LogP contribution is 2.42. The number of benzene rings is 1. The minimum atomic E-state index is -0.845. The molecule has 24 heavy (non-hydrogen) atoms. The number of aryl methyl sites for hydroxylation is 3. The van der Waals surface area contributed by atoms with E-state index < -0.39 is 5.54 Å². The minimum absolute atomic E-state index is 0.104. The molecule has 0 radical (unpaired) electrons. The first-order valence-electron chi connectivity index (χ1n) is 8.28. The van der Waals surface area contributed by atoms with Gasteiger partial charge in [0.2, 0.25) is 0 Å². The number of thiophene rings is 1. The highest BCUT2D eigenvalue weighted by Gasteiger charge is 2.54. The van der Waals surface area contributed by atoms with E-state index >= 15 is 0 Å². The molecule has 1 saturated heterocycles. The smallest absolute Gasteiger partial charge is 0.319 e. The van der Waals surface area contributed by atoms with Gasteiger partial charge >= 0.3 is 6.03 Å². The SMILES string of the molecule is Cc1ccc(C)c(CN2C(=O)N[C@]3(CCCc4sccc43)C2=O)c1. The molecule has 0 unspecified atom stereocenters. The van der Waals surface area contributed by atoms with Crippen LogP contribution in [0.5, 0.6) is 0 Å². The van der Waals surface area contributed by atoms with Gasteiger partial charge in [0.15, 0.2) is 0 Å². The van der Waals surface area contributed by atoms with Crippen molar-refractivity contribution in [1.29, 1.82) is 0 Å². The molecule has 2 heterocycles. The van der Waals surface area contributed by atoms with Crippen LogP contribution in [-0.2, 0) is 23.3 Å². The molecule has 1 aliphatic heterocycles. The molecule has 3 amide bonds. The molecule has 2 aromatic rings. The number of urea groups is 1. The number of carbonyl (C=O) groups is 2. The molecule has 1 aromatic carbocycles. The number of hydrogen-bond acceptors (Lipinski definition) is 3. The van der Waals surface area contributed by atoms with Crippen molar-refractivity contribution < 1.29 is 9.59 Å². The summed E-state index contributed by atoms with van der Waals surface area (Å²) < 4.78 is 0. The zero-order chi connectivity index (χ0) is 16.9. The Morgan fingerprint density at radius 1 is 1.25 bits per heavy atom. The fourth-order valence-corrected chi connectivity index (χ4v) is 4.83. The van der Waals surface area contributed by atoms with Crippen LogP contribution < -0.4 is 5.32 Å². The largest absolute Gasteiger partial charge is 0.325 e. The molecule has 1 aliphatic carbocycles. The van der Waals surface area contributed by atoms with Gasteiger partial charge in [0.1, 0.15) is 5.54 Å². The number of amides is 3. The molecule has 4 nitrogen and oxygen atoms in total. The van der Waals surface area contributed by atoms with Crippen LogP contribution in [0.2, 0.25) is 0 Å². The Morgan fingerprint density at radius 3 is 2.92 bits per heavy atom. The maximum Gasteiger partial charge on any atom is 0.325 e. The van der Waals surface area contributed by atoms with Crippen molar-refractivity contribution in [2.45, 2.75) is 45.2 Å². The van der Waals surface area contributed by atoms with Crippen LogP contribution in [0.15, 0.2) is 29.6 Å². The molecule has 1 aromatic heterocycles. The highest BCUT2D eigenvalue weighted by atomic mass is 32.1. The molecule has 1 fully saturated rings. The van der Waals surface area contributed by atoms with Crippen molar-refractivity contribution in [3.63, 3.8) is 0 Å². The Kier molecular flexibility index (Phi) is 3.49. The molecule has 1 N–H and O–H groups in total. The van der Waals surface area contributed by atoms with E-state index in [1.165, 1.54) is 9.78 Å². The van der Waals surface area contributed by atoms with Crippen molar-refractivity contribution in [3.05, 3.63) is 56.8 Å². The molecular formula is C19H20N2O2S. The Morgan fingerprint density at radius 2 is 2.08 bits per heavy atom. The number of fused-ring (bicyclic) bond motifs is 2. The Bertz CT molecular complexity index is 842. The molecule has 1 spiro atoms. The summed E-state index contributed by atoms with van der Waals surface area (Å²) in [6.07, 6.45) is 2.61. The summed E-state index contributed by atoms with van der Waals surface area (Å²) in [5.41, 5.74) is 3.41. The number of rotatable bonds is 2. The van der Waals surface area contributed by atoms with E-state index in [9.17, 15) is 9.59 Å². The van der Waals surface area contributed by atoms with Crippen molar-refractivity contribution in [2.24, 2.45) is 0 Å². The van der Waals surface area contributed by atoms with Gasteiger partial charge in [0.05, 0.1) is 6.54 Å². The molecule has 0 bridgehead atoms. The third kappa shape index (κ3) is 2.18. The van der Waals surface area contributed by atoms with Gasteiger partial charge in [0, 0.05) is 10.4 Å². The van der Waals surface area contributed by atoms with E-state index in [0.29, 0.717) is 13.0 Å². The topological polar surface area (TPSA) is 49.4 Å². The summed E-state index contributed by atoms with van der Waals surface area (Å²) in [5, 5.41) is 5.03. The van der Waals surface area contributed by atoms with Crippen molar-refractivity contribution in [3.8, 4) is 0 Å². The Balaban J connectivity index is 1.70. The van der Waals surface area contributed by atoms with E-state index in [1.54, 1.807) is 11.3 Å². The van der Waals surface area contributed by atoms with Gasteiger partial charge in [-0.2, -0.15) is 0 Å². The van der Waals surface area contributed by atoms with Gasteiger partial charge in [-0.1, -0.05) is 23.8 Å². The fourth-order valence-electron chi connectivity index (χ4n) is 3.83. The standard InChI is InChI=1S/C19H20N2O2S/c1-12-5-6-13(2)14(10-12)11-21-17(22)19(20-18(21)23)8-3-4-16-15(19)7-9-24-16/h5-7,9-10H,3-4,8,11H2,1-2H3,(H,20,23)/t19-/m0/s1. The van der Waals surface area contributed by atoms with Crippen LogP contribution in [-0.4, -0.2) is 16.8 Å². The number of nitrogens with zero attached hydrogens (tertiary/aromatic N) is 1. The van der Waals surface area contributed by atoms with E-state index in [1.807, 2.05) is 37.4 Å². The first kappa shape index (κ1) is 15.4. The number of nitrogens with one attached hydrogen (secondary N) is 1. The van der Waals surface area contributed by atoms with E-state index in [4.69, 9.17) is 0 Å². The Hall–Kier alpha value is -2.14. The zero-order valence-electron chi connectivity index (χ0n) is 13.9. The van der Waals surface area contributed by atoms with Crippen molar-refractivity contribution in [2.75, 3.05) is 0 Å². The molecule has 1 atom stereocenters. The summed E-state index contributed by atoms with van der Waals surface area (Å²) in [7, 11) is 0.